The van der Waals surface area contributed by atoms with Gasteiger partial charge in [-0.3, -0.25) is 0 Å². The SMILES string of the molecule is CC(O)(CNCc1ccccc1Cl)CSc1ccc(Cl)cc1. The van der Waals surface area contributed by atoms with Gasteiger partial charge in [-0.05, 0) is 42.8 Å². The van der Waals surface area contributed by atoms with E-state index in [-0.39, 0.29) is 0 Å². The monoisotopic (exact) mass is 355 g/mol. The number of aliphatic hydroxyl groups is 1. The Morgan fingerprint density at radius 1 is 1.09 bits per heavy atom. The minimum atomic E-state index is -0.800. The van der Waals surface area contributed by atoms with Crippen LogP contribution in [-0.2, 0) is 6.54 Å². The van der Waals surface area contributed by atoms with Crippen molar-refractivity contribution in [1.82, 2.24) is 5.32 Å². The summed E-state index contributed by atoms with van der Waals surface area (Å²) in [5.41, 5.74) is 0.233. The third-order valence-electron chi connectivity index (χ3n) is 3.14. The van der Waals surface area contributed by atoms with Gasteiger partial charge in [0.05, 0.1) is 5.60 Å². The van der Waals surface area contributed by atoms with Crippen LogP contribution in [0.15, 0.2) is 53.4 Å². The molecule has 0 amide bonds. The molecule has 0 fully saturated rings. The van der Waals surface area contributed by atoms with Crippen molar-refractivity contribution in [2.75, 3.05) is 12.3 Å². The Morgan fingerprint density at radius 2 is 1.77 bits per heavy atom. The molecule has 0 saturated heterocycles. The molecular formula is C17H19Cl2NOS. The molecule has 2 rings (SSSR count). The molecule has 22 heavy (non-hydrogen) atoms. The Bertz CT molecular complexity index is 602. The van der Waals surface area contributed by atoms with E-state index in [4.69, 9.17) is 23.2 Å². The lowest BCUT2D eigenvalue weighted by molar-refractivity contribution is 0.0845. The molecular weight excluding hydrogens is 337 g/mol. The third kappa shape index (κ3) is 5.82. The van der Waals surface area contributed by atoms with Crippen molar-refractivity contribution in [2.24, 2.45) is 0 Å². The second kappa shape index (κ2) is 8.23. The molecule has 0 radical (unpaired) electrons. The van der Waals surface area contributed by atoms with E-state index in [1.807, 2.05) is 55.5 Å². The van der Waals surface area contributed by atoms with E-state index >= 15 is 0 Å². The van der Waals surface area contributed by atoms with Crippen molar-refractivity contribution in [3.63, 3.8) is 0 Å². The standard InChI is InChI=1S/C17H19Cl2NOS/c1-17(21,12-22-15-8-6-14(18)7-9-15)11-20-10-13-4-2-3-5-16(13)19/h2-9,20-21H,10-12H2,1H3. The van der Waals surface area contributed by atoms with Gasteiger partial charge >= 0.3 is 0 Å². The molecule has 1 unspecified atom stereocenters. The lowest BCUT2D eigenvalue weighted by Crippen LogP contribution is -2.39. The average molecular weight is 356 g/mol. The summed E-state index contributed by atoms with van der Waals surface area (Å²) in [6.07, 6.45) is 0. The van der Waals surface area contributed by atoms with E-state index in [1.54, 1.807) is 11.8 Å². The van der Waals surface area contributed by atoms with E-state index in [0.717, 1.165) is 20.5 Å². The Morgan fingerprint density at radius 3 is 2.45 bits per heavy atom. The molecule has 0 aliphatic carbocycles. The lowest BCUT2D eigenvalue weighted by atomic mass is 10.1. The van der Waals surface area contributed by atoms with Gasteiger partial charge in [-0.15, -0.1) is 11.8 Å². The summed E-state index contributed by atoms with van der Waals surface area (Å²) in [7, 11) is 0. The zero-order chi connectivity index (χ0) is 16.0. The molecule has 0 aromatic heterocycles. The summed E-state index contributed by atoms with van der Waals surface area (Å²) in [6, 6.07) is 15.3. The number of hydrogen-bond donors (Lipinski definition) is 2. The van der Waals surface area contributed by atoms with Gasteiger partial charge in [-0.1, -0.05) is 41.4 Å². The summed E-state index contributed by atoms with van der Waals surface area (Å²) in [4.78, 5) is 1.09. The molecule has 2 aromatic carbocycles. The molecule has 2 aromatic rings. The Hall–Kier alpha value is -0.710. The molecule has 0 saturated carbocycles. The smallest absolute Gasteiger partial charge is 0.0837 e. The van der Waals surface area contributed by atoms with Crippen LogP contribution in [0.5, 0.6) is 0 Å². The van der Waals surface area contributed by atoms with E-state index in [2.05, 4.69) is 5.32 Å². The summed E-state index contributed by atoms with van der Waals surface area (Å²) in [5, 5.41) is 15.2. The molecule has 1 atom stereocenters. The van der Waals surface area contributed by atoms with Crippen LogP contribution in [0.2, 0.25) is 10.0 Å². The minimum absolute atomic E-state index is 0.499. The van der Waals surface area contributed by atoms with Gasteiger partial charge in [0.1, 0.15) is 0 Å². The first-order chi connectivity index (χ1) is 10.5. The summed E-state index contributed by atoms with van der Waals surface area (Å²) < 4.78 is 0. The largest absolute Gasteiger partial charge is 0.388 e. The highest BCUT2D eigenvalue weighted by Crippen LogP contribution is 2.24. The molecule has 0 aliphatic rings. The number of thioether (sulfide) groups is 1. The molecule has 2 nitrogen and oxygen atoms in total. The summed E-state index contributed by atoms with van der Waals surface area (Å²) >= 11 is 13.6. The summed E-state index contributed by atoms with van der Waals surface area (Å²) in [6.45, 7) is 2.97. The van der Waals surface area contributed by atoms with E-state index < -0.39 is 5.60 Å². The molecule has 0 aliphatic heterocycles. The van der Waals surface area contributed by atoms with Crippen LogP contribution in [-0.4, -0.2) is 23.0 Å². The predicted octanol–water partition coefficient (Wildman–Crippen LogP) is 4.63. The Kier molecular flexibility index (Phi) is 6.60. The first-order valence-corrected chi connectivity index (χ1v) is 8.75. The van der Waals surface area contributed by atoms with Gasteiger partial charge in [0.25, 0.3) is 0 Å². The fraction of sp³-hybridized carbons (Fsp3) is 0.294. The van der Waals surface area contributed by atoms with Gasteiger partial charge in [-0.25, -0.2) is 0 Å². The maximum absolute atomic E-state index is 10.4. The summed E-state index contributed by atoms with van der Waals surface area (Å²) in [5.74, 6) is 0.601. The highest BCUT2D eigenvalue weighted by Gasteiger charge is 2.20. The Balaban J connectivity index is 1.78. The van der Waals surface area contributed by atoms with Crippen LogP contribution < -0.4 is 5.32 Å². The van der Waals surface area contributed by atoms with Gasteiger partial charge in [0, 0.05) is 33.8 Å². The fourth-order valence-corrected chi connectivity index (χ4v) is 3.17. The second-order valence-electron chi connectivity index (χ2n) is 5.43. The van der Waals surface area contributed by atoms with Crippen LogP contribution in [0.1, 0.15) is 12.5 Å². The van der Waals surface area contributed by atoms with Crippen molar-refractivity contribution in [2.45, 2.75) is 24.0 Å². The van der Waals surface area contributed by atoms with Gasteiger partial charge in [-0.2, -0.15) is 0 Å². The number of halogens is 2. The first kappa shape index (κ1) is 17.6. The van der Waals surface area contributed by atoms with E-state index in [9.17, 15) is 5.11 Å². The van der Waals surface area contributed by atoms with Crippen LogP contribution in [0.25, 0.3) is 0 Å². The van der Waals surface area contributed by atoms with Crippen molar-refractivity contribution < 1.29 is 5.11 Å². The normalized spacial score (nSPS) is 13.8. The molecule has 0 spiro atoms. The van der Waals surface area contributed by atoms with Gasteiger partial charge < -0.3 is 10.4 Å². The lowest BCUT2D eigenvalue weighted by Gasteiger charge is -2.23. The number of hydrogen-bond acceptors (Lipinski definition) is 3. The van der Waals surface area contributed by atoms with Crippen LogP contribution in [0.4, 0.5) is 0 Å². The average Bonchev–Trinajstić information content (AvgIpc) is 2.49. The first-order valence-electron chi connectivity index (χ1n) is 7.01. The third-order valence-corrected chi connectivity index (χ3v) is 5.13. The molecule has 2 N–H and O–H groups in total. The number of nitrogens with one attached hydrogen (secondary N) is 1. The van der Waals surface area contributed by atoms with Crippen LogP contribution >= 0.6 is 35.0 Å². The quantitative estimate of drug-likeness (QED) is 0.710. The maximum Gasteiger partial charge on any atom is 0.0837 e. The molecule has 0 bridgehead atoms. The van der Waals surface area contributed by atoms with Crippen LogP contribution in [0, 0.1) is 0 Å². The molecule has 5 heteroatoms. The van der Waals surface area contributed by atoms with Crippen LogP contribution in [0.3, 0.4) is 0 Å². The van der Waals surface area contributed by atoms with Gasteiger partial charge in [0.15, 0.2) is 0 Å². The maximum atomic E-state index is 10.4. The van der Waals surface area contributed by atoms with Crippen molar-refractivity contribution >= 4 is 35.0 Å². The van der Waals surface area contributed by atoms with E-state index in [0.29, 0.717) is 18.8 Å². The number of benzene rings is 2. The zero-order valence-electron chi connectivity index (χ0n) is 12.4. The molecule has 0 heterocycles. The number of rotatable bonds is 7. The zero-order valence-corrected chi connectivity index (χ0v) is 14.7. The van der Waals surface area contributed by atoms with E-state index in [1.165, 1.54) is 0 Å². The second-order valence-corrected chi connectivity index (χ2v) is 7.33. The Labute approximate surface area is 145 Å². The topological polar surface area (TPSA) is 32.3 Å². The van der Waals surface area contributed by atoms with Crippen molar-refractivity contribution in [3.05, 3.63) is 64.1 Å². The van der Waals surface area contributed by atoms with Crippen molar-refractivity contribution in [1.29, 1.82) is 0 Å². The van der Waals surface area contributed by atoms with Gasteiger partial charge in [0.2, 0.25) is 0 Å². The highest BCUT2D eigenvalue weighted by atomic mass is 35.5. The highest BCUT2D eigenvalue weighted by molar-refractivity contribution is 7.99. The molecule has 118 valence electrons. The minimum Gasteiger partial charge on any atom is -0.388 e. The van der Waals surface area contributed by atoms with Crippen molar-refractivity contribution in [3.8, 4) is 0 Å². The predicted molar refractivity (Wildman–Crippen MR) is 96.0 cm³/mol. The fourth-order valence-electron chi connectivity index (χ4n) is 1.93.